The quantitative estimate of drug-likeness (QED) is 0.922. The first-order chi connectivity index (χ1) is 10.2. The van der Waals surface area contributed by atoms with E-state index in [-0.39, 0.29) is 5.60 Å². The number of nitrogens with two attached hydrogens (primary N) is 1. The van der Waals surface area contributed by atoms with Gasteiger partial charge in [0.25, 0.3) is 0 Å². The first-order valence-corrected chi connectivity index (χ1v) is 8.39. The number of nitrogens with zero attached hydrogens (tertiary/aromatic N) is 1. The summed E-state index contributed by atoms with van der Waals surface area (Å²) in [6.07, 6.45) is 9.45. The zero-order valence-electron chi connectivity index (χ0n) is 13.2. The standard InChI is InChI=1S/C18H28N2O/c1-20(17-8-4-3-7-15(17)13-19)14-16-9-12-18(21-16)10-5-2-6-11-18/h3-4,7-8,16H,2,5-6,9-14,19H2,1H3. The third-order valence-corrected chi connectivity index (χ3v) is 5.20. The van der Waals surface area contributed by atoms with Crippen molar-refractivity contribution < 1.29 is 4.74 Å². The van der Waals surface area contributed by atoms with E-state index in [1.54, 1.807) is 0 Å². The van der Waals surface area contributed by atoms with E-state index in [4.69, 9.17) is 10.5 Å². The van der Waals surface area contributed by atoms with E-state index in [9.17, 15) is 0 Å². The molecule has 1 aromatic carbocycles. The van der Waals surface area contributed by atoms with Crippen molar-refractivity contribution in [3.05, 3.63) is 29.8 Å². The molecule has 3 nitrogen and oxygen atoms in total. The summed E-state index contributed by atoms with van der Waals surface area (Å²) in [5.41, 5.74) is 8.53. The van der Waals surface area contributed by atoms with Gasteiger partial charge in [0, 0.05) is 25.8 Å². The van der Waals surface area contributed by atoms with Gasteiger partial charge in [-0.1, -0.05) is 37.5 Å². The molecule has 21 heavy (non-hydrogen) atoms. The smallest absolute Gasteiger partial charge is 0.0758 e. The topological polar surface area (TPSA) is 38.5 Å². The molecule has 1 saturated carbocycles. The van der Waals surface area contributed by atoms with Crippen LogP contribution in [-0.2, 0) is 11.3 Å². The van der Waals surface area contributed by atoms with Crippen molar-refractivity contribution in [1.29, 1.82) is 0 Å². The monoisotopic (exact) mass is 288 g/mol. The second kappa shape index (κ2) is 6.37. The average molecular weight is 288 g/mol. The Morgan fingerprint density at radius 1 is 1.19 bits per heavy atom. The van der Waals surface area contributed by atoms with Crippen LogP contribution in [-0.4, -0.2) is 25.3 Å². The second-order valence-electron chi connectivity index (χ2n) is 6.74. The molecule has 0 amide bonds. The number of rotatable bonds is 4. The SMILES string of the molecule is CN(CC1CCC2(CCCCC2)O1)c1ccccc1CN. The summed E-state index contributed by atoms with van der Waals surface area (Å²) in [7, 11) is 2.16. The molecule has 1 aliphatic heterocycles. The average Bonchev–Trinajstić information content (AvgIpc) is 2.90. The minimum absolute atomic E-state index is 0.219. The van der Waals surface area contributed by atoms with Gasteiger partial charge in [0.2, 0.25) is 0 Å². The molecule has 0 aromatic heterocycles. The Morgan fingerprint density at radius 3 is 2.71 bits per heavy atom. The predicted molar refractivity (Wildman–Crippen MR) is 87.5 cm³/mol. The van der Waals surface area contributed by atoms with E-state index < -0.39 is 0 Å². The normalized spacial score (nSPS) is 24.4. The molecule has 3 rings (SSSR count). The minimum Gasteiger partial charge on any atom is -0.372 e. The van der Waals surface area contributed by atoms with Gasteiger partial charge in [0.1, 0.15) is 0 Å². The highest BCUT2D eigenvalue weighted by Gasteiger charge is 2.40. The van der Waals surface area contributed by atoms with Gasteiger partial charge in [-0.15, -0.1) is 0 Å². The van der Waals surface area contributed by atoms with Crippen LogP contribution in [0.3, 0.4) is 0 Å². The highest BCUT2D eigenvalue weighted by molar-refractivity contribution is 5.53. The Bertz CT molecular complexity index is 468. The molecular weight excluding hydrogens is 260 g/mol. The van der Waals surface area contributed by atoms with Gasteiger partial charge >= 0.3 is 0 Å². The van der Waals surface area contributed by atoms with Crippen LogP contribution in [0.25, 0.3) is 0 Å². The molecular formula is C18H28N2O. The summed E-state index contributed by atoms with van der Waals surface area (Å²) in [6, 6.07) is 8.42. The van der Waals surface area contributed by atoms with Crippen LogP contribution in [0.5, 0.6) is 0 Å². The van der Waals surface area contributed by atoms with Gasteiger partial charge in [-0.3, -0.25) is 0 Å². The fraction of sp³-hybridized carbons (Fsp3) is 0.667. The third kappa shape index (κ3) is 3.24. The summed E-state index contributed by atoms with van der Waals surface area (Å²) in [5, 5.41) is 0. The molecule has 116 valence electrons. The van der Waals surface area contributed by atoms with Crippen LogP contribution in [0.4, 0.5) is 5.69 Å². The summed E-state index contributed by atoms with van der Waals surface area (Å²) in [5.74, 6) is 0. The molecule has 1 heterocycles. The van der Waals surface area contributed by atoms with Crippen molar-refractivity contribution in [3.8, 4) is 0 Å². The zero-order valence-corrected chi connectivity index (χ0v) is 13.2. The zero-order chi connectivity index (χ0) is 14.7. The van der Waals surface area contributed by atoms with Gasteiger partial charge in [-0.05, 0) is 37.3 Å². The number of para-hydroxylation sites is 1. The number of hydrogen-bond acceptors (Lipinski definition) is 3. The third-order valence-electron chi connectivity index (χ3n) is 5.20. The van der Waals surface area contributed by atoms with Gasteiger partial charge in [0.15, 0.2) is 0 Å². The Kier molecular flexibility index (Phi) is 4.51. The minimum atomic E-state index is 0.219. The Morgan fingerprint density at radius 2 is 1.95 bits per heavy atom. The maximum atomic E-state index is 6.48. The summed E-state index contributed by atoms with van der Waals surface area (Å²) >= 11 is 0. The number of anilines is 1. The van der Waals surface area contributed by atoms with Gasteiger partial charge in [0.05, 0.1) is 11.7 Å². The van der Waals surface area contributed by atoms with Gasteiger partial charge in [-0.25, -0.2) is 0 Å². The molecule has 0 bridgehead atoms. The maximum Gasteiger partial charge on any atom is 0.0758 e. The molecule has 2 fully saturated rings. The second-order valence-corrected chi connectivity index (χ2v) is 6.74. The first kappa shape index (κ1) is 14.9. The number of ether oxygens (including phenoxy) is 1. The van der Waals surface area contributed by atoms with Crippen molar-refractivity contribution in [2.24, 2.45) is 5.73 Å². The highest BCUT2D eigenvalue weighted by atomic mass is 16.5. The van der Waals surface area contributed by atoms with Crippen molar-refractivity contribution in [3.63, 3.8) is 0 Å². The molecule has 1 saturated heterocycles. The van der Waals surface area contributed by atoms with E-state index in [1.807, 2.05) is 0 Å². The van der Waals surface area contributed by atoms with E-state index in [1.165, 1.54) is 56.2 Å². The van der Waals surface area contributed by atoms with Crippen LogP contribution in [0.15, 0.2) is 24.3 Å². The van der Waals surface area contributed by atoms with Crippen LogP contribution >= 0.6 is 0 Å². The molecule has 0 radical (unpaired) electrons. The molecule has 1 atom stereocenters. The first-order valence-electron chi connectivity index (χ1n) is 8.39. The molecule has 3 heteroatoms. The van der Waals surface area contributed by atoms with Crippen LogP contribution in [0.1, 0.15) is 50.5 Å². The lowest BCUT2D eigenvalue weighted by Gasteiger charge is -2.34. The summed E-state index contributed by atoms with van der Waals surface area (Å²) in [6.45, 7) is 1.56. The molecule has 1 unspecified atom stereocenters. The van der Waals surface area contributed by atoms with Crippen LogP contribution < -0.4 is 10.6 Å². The largest absolute Gasteiger partial charge is 0.372 e. The van der Waals surface area contributed by atoms with E-state index >= 15 is 0 Å². The summed E-state index contributed by atoms with van der Waals surface area (Å²) < 4.78 is 6.48. The molecule has 1 spiro atoms. The van der Waals surface area contributed by atoms with E-state index in [0.29, 0.717) is 12.6 Å². The lowest BCUT2D eigenvalue weighted by molar-refractivity contribution is -0.0602. The Labute approximate surface area is 128 Å². The fourth-order valence-electron chi connectivity index (χ4n) is 4.05. The van der Waals surface area contributed by atoms with Crippen molar-refractivity contribution in [1.82, 2.24) is 0 Å². The maximum absolute atomic E-state index is 6.48. The van der Waals surface area contributed by atoms with Crippen molar-refractivity contribution in [2.45, 2.75) is 63.2 Å². The van der Waals surface area contributed by atoms with Crippen molar-refractivity contribution >= 4 is 5.69 Å². The fourth-order valence-corrected chi connectivity index (χ4v) is 4.05. The van der Waals surface area contributed by atoms with E-state index in [0.717, 1.165) is 6.54 Å². The van der Waals surface area contributed by atoms with Crippen molar-refractivity contribution in [2.75, 3.05) is 18.5 Å². The lowest BCUT2D eigenvalue weighted by Crippen LogP contribution is -2.35. The highest BCUT2D eigenvalue weighted by Crippen LogP contribution is 2.42. The molecule has 2 aliphatic rings. The molecule has 2 N–H and O–H groups in total. The lowest BCUT2D eigenvalue weighted by atomic mass is 9.83. The van der Waals surface area contributed by atoms with E-state index in [2.05, 4.69) is 36.2 Å². The molecule has 1 aromatic rings. The molecule has 1 aliphatic carbocycles. The predicted octanol–water partition coefficient (Wildman–Crippen LogP) is 3.46. The van der Waals surface area contributed by atoms with Gasteiger partial charge in [-0.2, -0.15) is 0 Å². The number of benzene rings is 1. The van der Waals surface area contributed by atoms with Gasteiger partial charge < -0.3 is 15.4 Å². The summed E-state index contributed by atoms with van der Waals surface area (Å²) in [4.78, 5) is 2.31. The van der Waals surface area contributed by atoms with Crippen LogP contribution in [0.2, 0.25) is 0 Å². The van der Waals surface area contributed by atoms with Crippen LogP contribution in [0, 0.1) is 0 Å². The number of likely N-dealkylation sites (N-methyl/N-ethyl adjacent to an activating group) is 1. The Hall–Kier alpha value is -1.06. The Balaban J connectivity index is 1.62. The number of hydrogen-bond donors (Lipinski definition) is 1.